The lowest BCUT2D eigenvalue weighted by Gasteiger charge is -2.18. The van der Waals surface area contributed by atoms with Crippen molar-refractivity contribution in [3.8, 4) is 0 Å². The summed E-state index contributed by atoms with van der Waals surface area (Å²) >= 11 is 0. The molecule has 1 heterocycles. The van der Waals surface area contributed by atoms with Crippen molar-refractivity contribution in [2.24, 2.45) is 0 Å². The zero-order valence-electron chi connectivity index (χ0n) is 12.2. The van der Waals surface area contributed by atoms with Crippen molar-refractivity contribution in [2.75, 3.05) is 11.1 Å². The molecule has 1 aromatic heterocycles. The third kappa shape index (κ3) is 2.65. The first kappa shape index (κ1) is 13.4. The number of nitrogen functional groups attached to an aromatic ring is 1. The Morgan fingerprint density at radius 2 is 1.90 bits per heavy atom. The van der Waals surface area contributed by atoms with E-state index in [1.165, 1.54) is 11.1 Å². The van der Waals surface area contributed by atoms with Gasteiger partial charge in [-0.2, -0.15) is 0 Å². The van der Waals surface area contributed by atoms with Gasteiger partial charge in [0.1, 0.15) is 12.1 Å². The van der Waals surface area contributed by atoms with Gasteiger partial charge in [0.25, 0.3) is 0 Å². The monoisotopic (exact) mass is 278 g/mol. The van der Waals surface area contributed by atoms with Gasteiger partial charge in [-0.05, 0) is 43.2 Å². The summed E-state index contributed by atoms with van der Waals surface area (Å²) < 4.78 is 0. The normalized spacial score (nSPS) is 12.3. The molecule has 0 aliphatic rings. The van der Waals surface area contributed by atoms with E-state index in [0.29, 0.717) is 5.69 Å². The summed E-state index contributed by atoms with van der Waals surface area (Å²) in [4.78, 5) is 8.64. The molecule has 0 amide bonds. The Morgan fingerprint density at radius 3 is 2.71 bits per heavy atom. The van der Waals surface area contributed by atoms with Crippen LogP contribution in [0.4, 0.5) is 11.5 Å². The van der Waals surface area contributed by atoms with Crippen molar-refractivity contribution in [1.82, 2.24) is 9.97 Å². The summed E-state index contributed by atoms with van der Waals surface area (Å²) in [5.74, 6) is 0.829. The van der Waals surface area contributed by atoms with Crippen LogP contribution in [0, 0.1) is 6.92 Å². The van der Waals surface area contributed by atoms with Crippen molar-refractivity contribution >= 4 is 22.4 Å². The molecule has 106 valence electrons. The quantitative estimate of drug-likeness (QED) is 0.717. The van der Waals surface area contributed by atoms with Crippen molar-refractivity contribution in [2.45, 2.75) is 19.9 Å². The van der Waals surface area contributed by atoms with E-state index in [1.54, 1.807) is 6.33 Å². The fraction of sp³-hybridized carbons (Fsp3) is 0.176. The number of fused-ring (bicyclic) bond motifs is 1. The molecule has 0 radical (unpaired) electrons. The molecule has 2 aromatic carbocycles. The van der Waals surface area contributed by atoms with E-state index in [9.17, 15) is 0 Å². The molecule has 4 heteroatoms. The number of anilines is 2. The Kier molecular flexibility index (Phi) is 3.44. The van der Waals surface area contributed by atoms with Gasteiger partial charge in [-0.25, -0.2) is 9.97 Å². The van der Waals surface area contributed by atoms with E-state index >= 15 is 0 Å². The molecule has 1 unspecified atom stereocenters. The van der Waals surface area contributed by atoms with E-state index in [4.69, 9.17) is 5.73 Å². The molecule has 4 nitrogen and oxygen atoms in total. The lowest BCUT2D eigenvalue weighted by Crippen LogP contribution is -2.10. The second-order valence-corrected chi connectivity index (χ2v) is 5.22. The van der Waals surface area contributed by atoms with Gasteiger partial charge in [-0.15, -0.1) is 0 Å². The molecule has 0 saturated carbocycles. The Morgan fingerprint density at radius 1 is 1.10 bits per heavy atom. The molecule has 0 aliphatic heterocycles. The molecule has 0 fully saturated rings. The van der Waals surface area contributed by atoms with E-state index in [2.05, 4.69) is 53.4 Å². The van der Waals surface area contributed by atoms with Crippen LogP contribution in [0.15, 0.2) is 48.8 Å². The van der Waals surface area contributed by atoms with Crippen molar-refractivity contribution in [3.05, 3.63) is 59.9 Å². The van der Waals surface area contributed by atoms with Crippen molar-refractivity contribution in [1.29, 1.82) is 0 Å². The number of hydrogen-bond donors (Lipinski definition) is 2. The summed E-state index contributed by atoms with van der Waals surface area (Å²) in [7, 11) is 0. The van der Waals surface area contributed by atoms with Crippen LogP contribution in [-0.2, 0) is 0 Å². The SMILES string of the molecule is Cc1ccccc1C(C)Nc1ncnc2cc(N)ccc12. The number of nitrogens with one attached hydrogen (secondary N) is 1. The second-order valence-electron chi connectivity index (χ2n) is 5.22. The Balaban J connectivity index is 1.97. The van der Waals surface area contributed by atoms with Gasteiger partial charge in [0.15, 0.2) is 0 Å². The lowest BCUT2D eigenvalue weighted by molar-refractivity contribution is 0.866. The molecule has 0 bridgehead atoms. The number of aromatic nitrogens is 2. The van der Waals surface area contributed by atoms with E-state index in [-0.39, 0.29) is 6.04 Å². The van der Waals surface area contributed by atoms with Crippen LogP contribution in [-0.4, -0.2) is 9.97 Å². The number of benzene rings is 2. The average Bonchev–Trinajstić information content (AvgIpc) is 2.47. The summed E-state index contributed by atoms with van der Waals surface area (Å²) in [5, 5.41) is 4.45. The number of hydrogen-bond acceptors (Lipinski definition) is 4. The van der Waals surface area contributed by atoms with Crippen LogP contribution in [0.2, 0.25) is 0 Å². The Labute approximate surface area is 124 Å². The summed E-state index contributed by atoms with van der Waals surface area (Å²) in [6, 6.07) is 14.2. The average molecular weight is 278 g/mol. The third-order valence-corrected chi connectivity index (χ3v) is 3.67. The fourth-order valence-electron chi connectivity index (χ4n) is 2.54. The molecule has 3 N–H and O–H groups in total. The number of aryl methyl sites for hydroxylation is 1. The molecule has 3 rings (SSSR count). The zero-order chi connectivity index (χ0) is 14.8. The molecule has 3 aromatic rings. The van der Waals surface area contributed by atoms with Crippen LogP contribution >= 0.6 is 0 Å². The van der Waals surface area contributed by atoms with Gasteiger partial charge in [0, 0.05) is 11.1 Å². The number of rotatable bonds is 3. The number of nitrogens with two attached hydrogens (primary N) is 1. The minimum absolute atomic E-state index is 0.168. The topological polar surface area (TPSA) is 63.8 Å². The van der Waals surface area contributed by atoms with Gasteiger partial charge in [0.05, 0.1) is 11.6 Å². The molecular formula is C17H18N4. The molecule has 0 saturated heterocycles. The lowest BCUT2D eigenvalue weighted by atomic mass is 10.0. The highest BCUT2D eigenvalue weighted by Crippen LogP contribution is 2.26. The standard InChI is InChI=1S/C17H18N4/c1-11-5-3-4-6-14(11)12(2)21-17-15-8-7-13(18)9-16(15)19-10-20-17/h3-10,12H,18H2,1-2H3,(H,19,20,21). The van der Waals surface area contributed by atoms with Crippen molar-refractivity contribution < 1.29 is 0 Å². The van der Waals surface area contributed by atoms with Gasteiger partial charge >= 0.3 is 0 Å². The summed E-state index contributed by atoms with van der Waals surface area (Å²) in [6.45, 7) is 4.25. The highest BCUT2D eigenvalue weighted by molar-refractivity contribution is 5.90. The van der Waals surface area contributed by atoms with Crippen LogP contribution in [0.3, 0.4) is 0 Å². The van der Waals surface area contributed by atoms with Gasteiger partial charge in [-0.1, -0.05) is 24.3 Å². The van der Waals surface area contributed by atoms with E-state index in [0.717, 1.165) is 16.7 Å². The van der Waals surface area contributed by atoms with E-state index in [1.807, 2.05) is 18.2 Å². The van der Waals surface area contributed by atoms with Crippen LogP contribution < -0.4 is 11.1 Å². The molecule has 21 heavy (non-hydrogen) atoms. The highest BCUT2D eigenvalue weighted by Gasteiger charge is 2.11. The zero-order valence-corrected chi connectivity index (χ0v) is 12.2. The molecule has 0 aliphatic carbocycles. The maximum Gasteiger partial charge on any atom is 0.137 e. The first-order valence-corrected chi connectivity index (χ1v) is 6.97. The van der Waals surface area contributed by atoms with Crippen LogP contribution in [0.25, 0.3) is 10.9 Å². The summed E-state index contributed by atoms with van der Waals surface area (Å²) in [6.07, 6.45) is 1.56. The predicted molar refractivity (Wildman–Crippen MR) is 87.2 cm³/mol. The van der Waals surface area contributed by atoms with Gasteiger partial charge in [0.2, 0.25) is 0 Å². The smallest absolute Gasteiger partial charge is 0.137 e. The second kappa shape index (κ2) is 5.40. The Bertz CT molecular complexity index is 783. The minimum atomic E-state index is 0.168. The first-order chi connectivity index (χ1) is 10.1. The molecule has 0 spiro atoms. The van der Waals surface area contributed by atoms with Crippen LogP contribution in [0.1, 0.15) is 24.1 Å². The Hall–Kier alpha value is -2.62. The van der Waals surface area contributed by atoms with Gasteiger partial charge in [-0.3, -0.25) is 0 Å². The van der Waals surface area contributed by atoms with Gasteiger partial charge < -0.3 is 11.1 Å². The minimum Gasteiger partial charge on any atom is -0.399 e. The third-order valence-electron chi connectivity index (χ3n) is 3.67. The predicted octanol–water partition coefficient (Wildman–Crippen LogP) is 3.69. The summed E-state index contributed by atoms with van der Waals surface area (Å²) in [5.41, 5.74) is 9.89. The molecular weight excluding hydrogens is 260 g/mol. The molecule has 1 atom stereocenters. The highest BCUT2D eigenvalue weighted by atomic mass is 15.0. The van der Waals surface area contributed by atoms with Crippen LogP contribution in [0.5, 0.6) is 0 Å². The fourth-order valence-corrected chi connectivity index (χ4v) is 2.54. The number of nitrogens with zero attached hydrogens (tertiary/aromatic N) is 2. The van der Waals surface area contributed by atoms with E-state index < -0.39 is 0 Å². The first-order valence-electron chi connectivity index (χ1n) is 6.97. The largest absolute Gasteiger partial charge is 0.399 e. The maximum atomic E-state index is 5.81. The van der Waals surface area contributed by atoms with Crippen molar-refractivity contribution in [3.63, 3.8) is 0 Å². The maximum absolute atomic E-state index is 5.81.